The van der Waals surface area contributed by atoms with Gasteiger partial charge in [0.1, 0.15) is 0 Å². The minimum Gasteiger partial charge on any atom is -0.366 e. The molecule has 0 atom stereocenters. The Morgan fingerprint density at radius 2 is 2.33 bits per heavy atom. The van der Waals surface area contributed by atoms with Crippen LogP contribution >= 0.6 is 0 Å². The van der Waals surface area contributed by atoms with Crippen LogP contribution in [0, 0.1) is 0 Å². The summed E-state index contributed by atoms with van der Waals surface area (Å²) < 4.78 is 1.77. The van der Waals surface area contributed by atoms with Crippen molar-refractivity contribution in [3.05, 3.63) is 23.9 Å². The topological polar surface area (TPSA) is 56.2 Å². The molecule has 0 fully saturated rings. The number of aromatic nitrogens is 3. The molecule has 2 aromatic rings. The van der Waals surface area contributed by atoms with Crippen LogP contribution in [0.15, 0.2) is 18.2 Å². The quantitative estimate of drug-likeness (QED) is 0.677. The van der Waals surface area contributed by atoms with Crippen molar-refractivity contribution in [1.29, 1.82) is 0 Å². The average molecular weight is 162 g/mol. The fourth-order valence-corrected chi connectivity index (χ4v) is 1.24. The lowest BCUT2D eigenvalue weighted by molar-refractivity contribution is 0.869. The van der Waals surface area contributed by atoms with Crippen LogP contribution in [0.3, 0.4) is 0 Å². The van der Waals surface area contributed by atoms with Crippen molar-refractivity contribution in [2.24, 2.45) is 0 Å². The van der Waals surface area contributed by atoms with Gasteiger partial charge < -0.3 is 5.73 Å². The smallest absolute Gasteiger partial charge is 0.240 e. The van der Waals surface area contributed by atoms with Gasteiger partial charge in [-0.2, -0.15) is 4.98 Å². The Kier molecular flexibility index (Phi) is 1.46. The Labute approximate surface area is 70.0 Å². The van der Waals surface area contributed by atoms with Crippen LogP contribution in [-0.2, 0) is 6.42 Å². The number of anilines is 1. The van der Waals surface area contributed by atoms with Crippen LogP contribution in [-0.4, -0.2) is 14.6 Å². The first kappa shape index (κ1) is 7.09. The maximum absolute atomic E-state index is 5.47. The molecule has 0 spiro atoms. The number of rotatable bonds is 1. The summed E-state index contributed by atoms with van der Waals surface area (Å²) in [6.07, 6.45) is 0.931. The van der Waals surface area contributed by atoms with E-state index in [0.29, 0.717) is 5.95 Å². The number of nitrogens with two attached hydrogens (primary N) is 1. The van der Waals surface area contributed by atoms with E-state index < -0.39 is 0 Å². The summed E-state index contributed by atoms with van der Waals surface area (Å²) in [6.45, 7) is 2.08. The van der Waals surface area contributed by atoms with Crippen molar-refractivity contribution in [2.75, 3.05) is 5.73 Å². The lowest BCUT2D eigenvalue weighted by atomic mass is 10.3. The van der Waals surface area contributed by atoms with Crippen LogP contribution < -0.4 is 5.73 Å². The molecule has 2 heterocycles. The van der Waals surface area contributed by atoms with Gasteiger partial charge in [-0.3, -0.25) is 0 Å². The molecule has 4 heteroatoms. The maximum atomic E-state index is 5.47. The number of aryl methyl sites for hydroxylation is 1. The van der Waals surface area contributed by atoms with Crippen LogP contribution in [0.4, 0.5) is 5.95 Å². The van der Waals surface area contributed by atoms with Crippen LogP contribution in [0.1, 0.15) is 12.6 Å². The largest absolute Gasteiger partial charge is 0.366 e. The first-order valence-electron chi connectivity index (χ1n) is 3.91. The Balaban J connectivity index is 2.78. The summed E-state index contributed by atoms with van der Waals surface area (Å²) >= 11 is 0. The van der Waals surface area contributed by atoms with Gasteiger partial charge in [0.15, 0.2) is 5.65 Å². The zero-order valence-electron chi connectivity index (χ0n) is 6.86. The van der Waals surface area contributed by atoms with Crippen molar-refractivity contribution in [1.82, 2.24) is 14.6 Å². The zero-order chi connectivity index (χ0) is 8.55. The molecular formula is C8H10N4. The van der Waals surface area contributed by atoms with Crippen LogP contribution in [0.2, 0.25) is 0 Å². The first-order valence-corrected chi connectivity index (χ1v) is 3.91. The standard InChI is InChI=1S/C8H10N4/c1-2-6-4-3-5-7-10-8(9)11-12(6)7/h3-5H,2H2,1H3,(H2,9,11). The van der Waals surface area contributed by atoms with Crippen molar-refractivity contribution < 1.29 is 0 Å². The molecule has 0 unspecified atom stereocenters. The van der Waals surface area contributed by atoms with E-state index >= 15 is 0 Å². The lowest BCUT2D eigenvalue weighted by Crippen LogP contribution is -1.96. The molecule has 62 valence electrons. The van der Waals surface area contributed by atoms with Gasteiger partial charge in [-0.1, -0.05) is 13.0 Å². The number of hydrogen-bond acceptors (Lipinski definition) is 3. The third-order valence-corrected chi connectivity index (χ3v) is 1.82. The first-order chi connectivity index (χ1) is 5.81. The number of pyridine rings is 1. The highest BCUT2D eigenvalue weighted by Crippen LogP contribution is 2.06. The normalized spacial score (nSPS) is 10.8. The summed E-state index contributed by atoms with van der Waals surface area (Å²) in [5, 5.41) is 4.07. The van der Waals surface area contributed by atoms with Gasteiger partial charge in [-0.15, -0.1) is 5.10 Å². The SMILES string of the molecule is CCc1cccc2nc(N)nn12. The highest BCUT2D eigenvalue weighted by Gasteiger charge is 2.01. The highest BCUT2D eigenvalue weighted by molar-refractivity contribution is 5.42. The second kappa shape index (κ2) is 2.48. The van der Waals surface area contributed by atoms with Gasteiger partial charge in [0.2, 0.25) is 5.95 Å². The van der Waals surface area contributed by atoms with E-state index in [4.69, 9.17) is 5.73 Å². The van der Waals surface area contributed by atoms with Gasteiger partial charge >= 0.3 is 0 Å². The molecule has 0 aromatic carbocycles. The predicted octanol–water partition coefficient (Wildman–Crippen LogP) is 0.874. The van der Waals surface area contributed by atoms with E-state index in [0.717, 1.165) is 17.8 Å². The molecule has 4 nitrogen and oxygen atoms in total. The van der Waals surface area contributed by atoms with Crippen molar-refractivity contribution in [3.63, 3.8) is 0 Å². The van der Waals surface area contributed by atoms with Gasteiger partial charge in [0.25, 0.3) is 0 Å². The molecule has 0 amide bonds. The fraction of sp³-hybridized carbons (Fsp3) is 0.250. The molecule has 2 aromatic heterocycles. The monoisotopic (exact) mass is 162 g/mol. The molecule has 2 N–H and O–H groups in total. The molecule has 0 aliphatic rings. The van der Waals surface area contributed by atoms with E-state index in [1.807, 2.05) is 18.2 Å². The van der Waals surface area contributed by atoms with Gasteiger partial charge in [0.05, 0.1) is 0 Å². The third kappa shape index (κ3) is 0.922. The maximum Gasteiger partial charge on any atom is 0.240 e. The molecule has 0 radical (unpaired) electrons. The van der Waals surface area contributed by atoms with Gasteiger partial charge in [-0.05, 0) is 18.6 Å². The number of nitrogens with zero attached hydrogens (tertiary/aromatic N) is 3. The van der Waals surface area contributed by atoms with Crippen LogP contribution in [0.25, 0.3) is 5.65 Å². The fourth-order valence-electron chi connectivity index (χ4n) is 1.24. The second-order valence-electron chi connectivity index (χ2n) is 2.61. The number of nitrogen functional groups attached to an aromatic ring is 1. The minimum absolute atomic E-state index is 0.330. The third-order valence-electron chi connectivity index (χ3n) is 1.82. The Morgan fingerprint density at radius 1 is 1.50 bits per heavy atom. The van der Waals surface area contributed by atoms with Crippen LogP contribution in [0.5, 0.6) is 0 Å². The molecule has 0 bridgehead atoms. The average Bonchev–Trinajstić information content (AvgIpc) is 2.44. The summed E-state index contributed by atoms with van der Waals surface area (Å²) in [5.41, 5.74) is 7.40. The van der Waals surface area contributed by atoms with E-state index in [1.165, 1.54) is 0 Å². The highest BCUT2D eigenvalue weighted by atomic mass is 15.3. The number of fused-ring (bicyclic) bond motifs is 1. The Bertz CT molecular complexity index is 404. The summed E-state index contributed by atoms with van der Waals surface area (Å²) in [6, 6.07) is 5.87. The summed E-state index contributed by atoms with van der Waals surface area (Å²) in [7, 11) is 0. The summed E-state index contributed by atoms with van der Waals surface area (Å²) in [5.74, 6) is 0.330. The predicted molar refractivity (Wildman–Crippen MR) is 46.8 cm³/mol. The van der Waals surface area contributed by atoms with Gasteiger partial charge in [0, 0.05) is 5.69 Å². The molecule has 0 saturated carbocycles. The Morgan fingerprint density at radius 3 is 3.08 bits per heavy atom. The second-order valence-corrected chi connectivity index (χ2v) is 2.61. The molecule has 0 saturated heterocycles. The lowest BCUT2D eigenvalue weighted by Gasteiger charge is -1.97. The molecule has 0 aliphatic heterocycles. The Hall–Kier alpha value is -1.58. The molecule has 2 rings (SSSR count). The molecular weight excluding hydrogens is 152 g/mol. The molecule has 12 heavy (non-hydrogen) atoms. The summed E-state index contributed by atoms with van der Waals surface area (Å²) in [4.78, 5) is 4.05. The van der Waals surface area contributed by atoms with E-state index in [1.54, 1.807) is 4.52 Å². The molecule has 0 aliphatic carbocycles. The van der Waals surface area contributed by atoms with Gasteiger partial charge in [-0.25, -0.2) is 4.52 Å². The van der Waals surface area contributed by atoms with E-state index in [-0.39, 0.29) is 0 Å². The minimum atomic E-state index is 0.330. The zero-order valence-corrected chi connectivity index (χ0v) is 6.86. The van der Waals surface area contributed by atoms with E-state index in [2.05, 4.69) is 17.0 Å². The number of hydrogen-bond donors (Lipinski definition) is 1. The van der Waals surface area contributed by atoms with E-state index in [9.17, 15) is 0 Å². The van der Waals surface area contributed by atoms with Crippen molar-refractivity contribution in [3.8, 4) is 0 Å². The van der Waals surface area contributed by atoms with Crippen molar-refractivity contribution >= 4 is 11.6 Å². The van der Waals surface area contributed by atoms with Crippen molar-refractivity contribution in [2.45, 2.75) is 13.3 Å².